The SMILES string of the molecule is O=C(Cc1cccs1)NCCNC(=O)CC12CC3CC(CC(C3)C1)C2. The summed E-state index contributed by atoms with van der Waals surface area (Å²) in [6, 6.07) is 3.93. The first-order valence-electron chi connectivity index (χ1n) is 9.66. The van der Waals surface area contributed by atoms with Crippen molar-refractivity contribution in [1.82, 2.24) is 10.6 Å². The maximum Gasteiger partial charge on any atom is 0.225 e. The first-order valence-corrected chi connectivity index (χ1v) is 10.5. The number of carbonyl (C=O) groups excluding carboxylic acids is 2. The molecule has 0 saturated heterocycles. The van der Waals surface area contributed by atoms with E-state index in [-0.39, 0.29) is 11.8 Å². The molecule has 4 nitrogen and oxygen atoms in total. The van der Waals surface area contributed by atoms with Gasteiger partial charge < -0.3 is 10.6 Å². The monoisotopic (exact) mass is 360 g/mol. The van der Waals surface area contributed by atoms with Gasteiger partial charge in [0.1, 0.15) is 0 Å². The number of carbonyl (C=O) groups is 2. The topological polar surface area (TPSA) is 58.2 Å². The molecule has 0 aromatic carbocycles. The van der Waals surface area contributed by atoms with E-state index in [2.05, 4.69) is 10.6 Å². The highest BCUT2D eigenvalue weighted by Crippen LogP contribution is 2.61. The van der Waals surface area contributed by atoms with Crippen LogP contribution in [0.2, 0.25) is 0 Å². The molecule has 5 heteroatoms. The van der Waals surface area contributed by atoms with Gasteiger partial charge in [-0.1, -0.05) is 6.07 Å². The van der Waals surface area contributed by atoms with E-state index < -0.39 is 0 Å². The van der Waals surface area contributed by atoms with Gasteiger partial charge in [-0.15, -0.1) is 11.3 Å². The molecule has 4 fully saturated rings. The number of hydrogen-bond acceptors (Lipinski definition) is 3. The summed E-state index contributed by atoms with van der Waals surface area (Å²) in [6.45, 7) is 1.04. The van der Waals surface area contributed by atoms with Gasteiger partial charge >= 0.3 is 0 Å². The largest absolute Gasteiger partial charge is 0.354 e. The lowest BCUT2D eigenvalue weighted by Crippen LogP contribution is -2.48. The second-order valence-corrected chi connectivity index (χ2v) is 9.58. The smallest absolute Gasteiger partial charge is 0.225 e. The van der Waals surface area contributed by atoms with Gasteiger partial charge in [0.25, 0.3) is 0 Å². The van der Waals surface area contributed by atoms with Crippen molar-refractivity contribution in [3.05, 3.63) is 22.4 Å². The summed E-state index contributed by atoms with van der Waals surface area (Å²) in [6.07, 6.45) is 9.17. The Balaban J connectivity index is 1.17. The molecule has 2 amide bonds. The number of thiophene rings is 1. The highest BCUT2D eigenvalue weighted by atomic mass is 32.1. The number of rotatable bonds is 7. The first-order chi connectivity index (χ1) is 12.1. The molecule has 25 heavy (non-hydrogen) atoms. The van der Waals surface area contributed by atoms with Crippen LogP contribution in [0.3, 0.4) is 0 Å². The van der Waals surface area contributed by atoms with Gasteiger partial charge in [0.05, 0.1) is 6.42 Å². The second-order valence-electron chi connectivity index (χ2n) is 8.55. The van der Waals surface area contributed by atoms with Crippen LogP contribution in [0.4, 0.5) is 0 Å². The van der Waals surface area contributed by atoms with Gasteiger partial charge in [0, 0.05) is 24.4 Å². The Hall–Kier alpha value is -1.36. The van der Waals surface area contributed by atoms with Gasteiger partial charge in [-0.2, -0.15) is 0 Å². The highest BCUT2D eigenvalue weighted by molar-refractivity contribution is 7.10. The minimum absolute atomic E-state index is 0.0257. The Kier molecular flexibility index (Phi) is 4.85. The predicted molar refractivity (Wildman–Crippen MR) is 99.3 cm³/mol. The third kappa shape index (κ3) is 4.08. The average Bonchev–Trinajstić information content (AvgIpc) is 3.02. The summed E-state index contributed by atoms with van der Waals surface area (Å²) < 4.78 is 0. The number of nitrogens with one attached hydrogen (secondary N) is 2. The maximum atomic E-state index is 12.4. The van der Waals surface area contributed by atoms with Gasteiger partial charge in [-0.05, 0) is 73.1 Å². The summed E-state index contributed by atoms with van der Waals surface area (Å²) in [5.41, 5.74) is 0.293. The van der Waals surface area contributed by atoms with E-state index >= 15 is 0 Å². The molecule has 0 unspecified atom stereocenters. The van der Waals surface area contributed by atoms with Crippen LogP contribution in [0, 0.1) is 23.2 Å². The van der Waals surface area contributed by atoms with Crippen molar-refractivity contribution >= 4 is 23.2 Å². The zero-order valence-electron chi connectivity index (χ0n) is 14.8. The molecule has 1 heterocycles. The molecule has 136 valence electrons. The van der Waals surface area contributed by atoms with Crippen molar-refractivity contribution in [2.45, 2.75) is 51.4 Å². The normalized spacial score (nSPS) is 32.6. The fourth-order valence-corrected chi connectivity index (χ4v) is 6.65. The molecule has 0 radical (unpaired) electrons. The molecule has 4 saturated carbocycles. The van der Waals surface area contributed by atoms with Crippen molar-refractivity contribution in [1.29, 1.82) is 0 Å². The van der Waals surface area contributed by atoms with E-state index in [0.29, 0.717) is 31.3 Å². The molecule has 5 rings (SSSR count). The zero-order chi connectivity index (χ0) is 17.3. The molecule has 0 spiro atoms. The van der Waals surface area contributed by atoms with Crippen molar-refractivity contribution in [3.63, 3.8) is 0 Å². The molecule has 4 aliphatic carbocycles. The Morgan fingerprint density at radius 2 is 1.60 bits per heavy atom. The minimum atomic E-state index is 0.0257. The standard InChI is InChI=1S/C20H28N2O2S/c23-18(9-17-2-1-5-25-17)21-3-4-22-19(24)13-20-10-14-6-15(11-20)8-16(7-14)12-20/h1-2,5,14-16H,3-4,6-13H2,(H,21,23)(H,22,24). The van der Waals surface area contributed by atoms with Gasteiger partial charge in [0.2, 0.25) is 11.8 Å². The third-order valence-corrected chi connectivity index (χ3v) is 7.26. The summed E-state index contributed by atoms with van der Waals surface area (Å²) in [5, 5.41) is 7.89. The van der Waals surface area contributed by atoms with Crippen LogP contribution in [0.5, 0.6) is 0 Å². The fourth-order valence-electron chi connectivity index (χ4n) is 5.95. The Bertz CT molecular complexity index is 590. The lowest BCUT2D eigenvalue weighted by atomic mass is 9.49. The maximum absolute atomic E-state index is 12.4. The first kappa shape index (κ1) is 17.1. The van der Waals surface area contributed by atoms with E-state index in [0.717, 1.165) is 22.6 Å². The van der Waals surface area contributed by atoms with Crippen LogP contribution < -0.4 is 10.6 Å². The van der Waals surface area contributed by atoms with Crippen molar-refractivity contribution in [2.75, 3.05) is 13.1 Å². The molecule has 4 bridgehead atoms. The lowest BCUT2D eigenvalue weighted by molar-refractivity contribution is -0.129. The summed E-state index contributed by atoms with van der Waals surface area (Å²) in [4.78, 5) is 25.3. The van der Waals surface area contributed by atoms with Crippen LogP contribution >= 0.6 is 11.3 Å². The van der Waals surface area contributed by atoms with Crippen molar-refractivity contribution < 1.29 is 9.59 Å². The van der Waals surface area contributed by atoms with E-state index in [1.807, 2.05) is 17.5 Å². The fraction of sp³-hybridized carbons (Fsp3) is 0.700. The van der Waals surface area contributed by atoms with Crippen LogP contribution in [-0.2, 0) is 16.0 Å². The quantitative estimate of drug-likeness (QED) is 0.734. The summed E-state index contributed by atoms with van der Waals surface area (Å²) >= 11 is 1.60. The van der Waals surface area contributed by atoms with Gasteiger partial charge in [0.15, 0.2) is 0 Å². The molecule has 1 aromatic heterocycles. The Morgan fingerprint density at radius 1 is 1.00 bits per heavy atom. The number of amides is 2. The van der Waals surface area contributed by atoms with E-state index in [1.54, 1.807) is 11.3 Å². The Labute approximate surface area is 153 Å². The van der Waals surface area contributed by atoms with Crippen molar-refractivity contribution in [2.24, 2.45) is 23.2 Å². The summed E-state index contributed by atoms with van der Waals surface area (Å²) in [7, 11) is 0. The zero-order valence-corrected chi connectivity index (χ0v) is 15.6. The predicted octanol–water partition coefficient (Wildman–Crippen LogP) is 3.13. The third-order valence-electron chi connectivity index (χ3n) is 6.38. The van der Waals surface area contributed by atoms with Crippen LogP contribution in [0.15, 0.2) is 17.5 Å². The highest BCUT2D eigenvalue weighted by Gasteiger charge is 2.51. The molecular weight excluding hydrogens is 332 g/mol. The van der Waals surface area contributed by atoms with Crippen LogP contribution in [0.1, 0.15) is 49.8 Å². The van der Waals surface area contributed by atoms with Crippen molar-refractivity contribution in [3.8, 4) is 0 Å². The molecule has 0 atom stereocenters. The van der Waals surface area contributed by atoms with Crippen LogP contribution in [0.25, 0.3) is 0 Å². The Morgan fingerprint density at radius 3 is 2.16 bits per heavy atom. The van der Waals surface area contributed by atoms with Crippen LogP contribution in [-0.4, -0.2) is 24.9 Å². The van der Waals surface area contributed by atoms with Gasteiger partial charge in [-0.3, -0.25) is 9.59 Å². The number of hydrogen-bond donors (Lipinski definition) is 2. The second kappa shape index (κ2) is 7.10. The molecule has 0 aliphatic heterocycles. The van der Waals surface area contributed by atoms with Gasteiger partial charge in [-0.25, -0.2) is 0 Å². The molecule has 4 aliphatic rings. The molecule has 1 aromatic rings. The lowest BCUT2D eigenvalue weighted by Gasteiger charge is -2.56. The molecular formula is C20H28N2O2S. The van der Waals surface area contributed by atoms with E-state index in [4.69, 9.17) is 0 Å². The molecule has 2 N–H and O–H groups in total. The van der Waals surface area contributed by atoms with E-state index in [1.165, 1.54) is 38.5 Å². The summed E-state index contributed by atoms with van der Waals surface area (Å²) in [5.74, 6) is 2.86. The van der Waals surface area contributed by atoms with E-state index in [9.17, 15) is 9.59 Å². The average molecular weight is 361 g/mol. The minimum Gasteiger partial charge on any atom is -0.354 e.